The first-order valence-corrected chi connectivity index (χ1v) is 16.7. The normalized spacial score (nSPS) is 13.6. The van der Waals surface area contributed by atoms with Crippen molar-refractivity contribution in [1.29, 1.82) is 0 Å². The molecule has 0 aliphatic rings. The lowest BCUT2D eigenvalue weighted by molar-refractivity contribution is -0.130. The second kappa shape index (κ2) is 10.9. The fourth-order valence-corrected chi connectivity index (χ4v) is 6.69. The maximum absolute atomic E-state index is 12.3. The molecule has 0 unspecified atom stereocenters. The standard InChI is InChI=1S/C14H28Cl3F3Si2/c1-21(2,13-10-14(18,19)20)11-8-6-4-3-5-7-9-12-22(15,16)17/h3-13H2,1-2H3. The Morgan fingerprint density at radius 3 is 1.50 bits per heavy atom. The van der Waals surface area contributed by atoms with E-state index in [1.54, 1.807) is 0 Å². The van der Waals surface area contributed by atoms with Gasteiger partial charge in [0.05, 0.1) is 0 Å². The molecule has 0 fully saturated rings. The van der Waals surface area contributed by atoms with Crippen LogP contribution in [0.1, 0.15) is 51.4 Å². The Morgan fingerprint density at radius 1 is 0.682 bits per heavy atom. The van der Waals surface area contributed by atoms with Crippen LogP contribution in [0.15, 0.2) is 0 Å². The van der Waals surface area contributed by atoms with E-state index < -0.39 is 26.7 Å². The van der Waals surface area contributed by atoms with E-state index in [2.05, 4.69) is 13.1 Å². The first kappa shape index (κ1) is 23.1. The Hall–Kier alpha value is 1.09. The highest BCUT2D eigenvalue weighted by molar-refractivity contribution is 7.64. The van der Waals surface area contributed by atoms with Crippen molar-refractivity contribution in [2.75, 3.05) is 0 Å². The molecule has 0 atom stereocenters. The van der Waals surface area contributed by atoms with Gasteiger partial charge in [-0.15, -0.1) is 33.2 Å². The van der Waals surface area contributed by atoms with Gasteiger partial charge >= 0.3 is 12.2 Å². The van der Waals surface area contributed by atoms with Crippen molar-refractivity contribution in [3.63, 3.8) is 0 Å². The van der Waals surface area contributed by atoms with Gasteiger partial charge in [-0.2, -0.15) is 13.2 Å². The summed E-state index contributed by atoms with van der Waals surface area (Å²) in [5.41, 5.74) is 0. The minimum absolute atomic E-state index is 0.359. The van der Waals surface area contributed by atoms with E-state index in [0.29, 0.717) is 6.04 Å². The molecular weight excluding hydrogens is 388 g/mol. The highest BCUT2D eigenvalue weighted by Crippen LogP contribution is 2.29. The van der Waals surface area contributed by atoms with Crippen molar-refractivity contribution in [2.24, 2.45) is 0 Å². The maximum Gasteiger partial charge on any atom is 0.388 e. The Bertz CT molecular complexity index is 292. The number of rotatable bonds is 12. The van der Waals surface area contributed by atoms with Crippen LogP contribution in [0.25, 0.3) is 0 Å². The van der Waals surface area contributed by atoms with Gasteiger partial charge in [0.1, 0.15) is 0 Å². The van der Waals surface area contributed by atoms with Gasteiger partial charge in [-0.05, 0) is 12.1 Å². The van der Waals surface area contributed by atoms with Crippen molar-refractivity contribution in [3.8, 4) is 0 Å². The molecule has 22 heavy (non-hydrogen) atoms. The first-order chi connectivity index (χ1) is 9.91. The summed E-state index contributed by atoms with van der Waals surface area (Å²) >= 11 is 17.4. The minimum atomic E-state index is -4.00. The fraction of sp³-hybridized carbons (Fsp3) is 1.00. The highest BCUT2D eigenvalue weighted by atomic mass is 35.8. The number of hydrogen-bond donors (Lipinski definition) is 0. The van der Waals surface area contributed by atoms with Gasteiger partial charge in [-0.1, -0.05) is 64.1 Å². The zero-order valence-electron chi connectivity index (χ0n) is 13.5. The number of alkyl halides is 3. The lowest BCUT2D eigenvalue weighted by Crippen LogP contribution is -2.27. The van der Waals surface area contributed by atoms with E-state index in [9.17, 15) is 13.2 Å². The monoisotopic (exact) mass is 414 g/mol. The van der Waals surface area contributed by atoms with E-state index in [4.69, 9.17) is 33.2 Å². The van der Waals surface area contributed by atoms with E-state index >= 15 is 0 Å². The van der Waals surface area contributed by atoms with E-state index in [1.165, 1.54) is 6.42 Å². The lowest BCUT2D eigenvalue weighted by Gasteiger charge is -2.23. The van der Waals surface area contributed by atoms with Crippen molar-refractivity contribution in [1.82, 2.24) is 0 Å². The summed E-state index contributed by atoms with van der Waals surface area (Å²) in [7, 11) is -1.67. The predicted molar refractivity (Wildman–Crippen MR) is 98.2 cm³/mol. The highest BCUT2D eigenvalue weighted by Gasteiger charge is 2.31. The smallest absolute Gasteiger partial charge is 0.171 e. The van der Waals surface area contributed by atoms with Crippen molar-refractivity contribution >= 4 is 47.3 Å². The van der Waals surface area contributed by atoms with Gasteiger partial charge in [0, 0.05) is 14.5 Å². The van der Waals surface area contributed by atoms with E-state index in [1.807, 2.05) is 0 Å². The predicted octanol–water partition coefficient (Wildman–Crippen LogP) is 8.03. The summed E-state index contributed by atoms with van der Waals surface area (Å²) in [6.07, 6.45) is 3.16. The number of halogens is 6. The zero-order valence-corrected chi connectivity index (χ0v) is 17.8. The first-order valence-electron chi connectivity index (χ1n) is 8.05. The van der Waals surface area contributed by atoms with Crippen LogP contribution < -0.4 is 0 Å². The van der Waals surface area contributed by atoms with Crippen LogP contribution in [0, 0.1) is 0 Å². The lowest BCUT2D eigenvalue weighted by atomic mass is 10.1. The summed E-state index contributed by atoms with van der Waals surface area (Å²) in [6.45, 7) is 4.14. The third kappa shape index (κ3) is 17.4. The molecule has 0 spiro atoms. The third-order valence-corrected chi connectivity index (χ3v) is 9.83. The van der Waals surface area contributed by atoms with Crippen LogP contribution in [0.5, 0.6) is 0 Å². The van der Waals surface area contributed by atoms with Crippen LogP contribution in [-0.4, -0.2) is 20.3 Å². The molecule has 8 heteroatoms. The van der Waals surface area contributed by atoms with Gasteiger partial charge < -0.3 is 0 Å². The molecule has 0 aliphatic carbocycles. The molecule has 0 bridgehead atoms. The van der Waals surface area contributed by atoms with Gasteiger partial charge in [-0.3, -0.25) is 0 Å². The van der Waals surface area contributed by atoms with Crippen molar-refractivity contribution < 1.29 is 13.2 Å². The van der Waals surface area contributed by atoms with Crippen LogP contribution in [-0.2, 0) is 0 Å². The molecule has 0 saturated carbocycles. The topological polar surface area (TPSA) is 0 Å². The Morgan fingerprint density at radius 2 is 1.09 bits per heavy atom. The molecule has 0 amide bonds. The molecule has 0 heterocycles. The van der Waals surface area contributed by atoms with Crippen LogP contribution in [0.4, 0.5) is 13.2 Å². The van der Waals surface area contributed by atoms with Gasteiger partial charge in [0.15, 0.2) is 0 Å². The fourth-order valence-electron chi connectivity index (χ4n) is 2.42. The van der Waals surface area contributed by atoms with Gasteiger partial charge in [0.25, 0.3) is 0 Å². The van der Waals surface area contributed by atoms with Crippen LogP contribution in [0.3, 0.4) is 0 Å². The Labute approximate surface area is 149 Å². The summed E-state index contributed by atoms with van der Waals surface area (Å²) in [6, 6.07) is -0.346. The Kier molecular flexibility index (Phi) is 11.4. The molecule has 0 radical (unpaired) electrons. The zero-order chi connectivity index (χ0) is 17.3. The Balaban J connectivity index is 3.49. The molecule has 0 rings (SSSR count). The summed E-state index contributed by atoms with van der Waals surface area (Å²) < 4.78 is 36.8. The second-order valence-corrected chi connectivity index (χ2v) is 21.5. The quantitative estimate of drug-likeness (QED) is 0.172. The van der Waals surface area contributed by atoms with Gasteiger partial charge in [-0.25, -0.2) is 0 Å². The van der Waals surface area contributed by atoms with Crippen molar-refractivity contribution in [2.45, 2.75) is 88.8 Å². The summed E-state index contributed by atoms with van der Waals surface area (Å²) in [5.74, 6) is 0. The molecule has 0 N–H and O–H groups in total. The van der Waals surface area contributed by atoms with Gasteiger partial charge in [0.2, 0.25) is 0 Å². The third-order valence-electron chi connectivity index (χ3n) is 3.90. The number of hydrogen-bond acceptors (Lipinski definition) is 0. The molecule has 134 valence electrons. The van der Waals surface area contributed by atoms with E-state index in [-0.39, 0.29) is 0 Å². The molecule has 0 saturated heterocycles. The maximum atomic E-state index is 12.3. The van der Waals surface area contributed by atoms with Crippen LogP contribution in [0.2, 0.25) is 31.2 Å². The molecule has 0 nitrogen and oxygen atoms in total. The average Bonchev–Trinajstić information content (AvgIpc) is 2.32. The molecule has 0 aromatic heterocycles. The van der Waals surface area contributed by atoms with Crippen molar-refractivity contribution in [3.05, 3.63) is 0 Å². The molecule has 0 aromatic carbocycles. The minimum Gasteiger partial charge on any atom is -0.171 e. The average molecular weight is 416 g/mol. The van der Waals surface area contributed by atoms with E-state index in [0.717, 1.165) is 50.6 Å². The SMILES string of the molecule is C[Si](C)(CCCCCCCCC[Si](Cl)(Cl)Cl)CCC(F)(F)F. The molecule has 0 aliphatic heterocycles. The number of unbranched alkanes of at least 4 members (excludes halogenated alkanes) is 6. The largest absolute Gasteiger partial charge is 0.388 e. The molecular formula is C14H28Cl3F3Si2. The molecule has 0 aromatic rings. The second-order valence-electron chi connectivity index (χ2n) is 6.87. The summed E-state index contributed by atoms with van der Waals surface area (Å²) in [4.78, 5) is 0. The van der Waals surface area contributed by atoms with Crippen LogP contribution >= 0.6 is 33.2 Å². The summed E-state index contributed by atoms with van der Waals surface area (Å²) in [5, 5.41) is 0.